The first-order valence-corrected chi connectivity index (χ1v) is 4.35. The van der Waals surface area contributed by atoms with Gasteiger partial charge >= 0.3 is 0 Å². The van der Waals surface area contributed by atoms with Gasteiger partial charge in [0, 0.05) is 25.5 Å². The molecule has 0 fully saturated rings. The lowest BCUT2D eigenvalue weighted by Gasteiger charge is -2.16. The third kappa shape index (κ3) is 1.91. The highest BCUT2D eigenvalue weighted by atomic mass is 32.1. The Morgan fingerprint density at radius 3 is 2.58 bits per heavy atom. The first-order chi connectivity index (χ1) is 5.65. The van der Waals surface area contributed by atoms with Crippen LogP contribution in [-0.4, -0.2) is 14.1 Å². The zero-order chi connectivity index (χ0) is 9.14. The summed E-state index contributed by atoms with van der Waals surface area (Å²) in [5.74, 6) is 0.357. The Bertz CT molecular complexity index is 273. The van der Waals surface area contributed by atoms with Crippen molar-refractivity contribution in [2.45, 2.75) is 5.75 Å². The largest absolute Gasteiger partial charge is 0.377 e. The summed E-state index contributed by atoms with van der Waals surface area (Å²) < 4.78 is 12.7. The van der Waals surface area contributed by atoms with E-state index in [9.17, 15) is 4.39 Å². The van der Waals surface area contributed by atoms with Crippen molar-refractivity contribution in [1.82, 2.24) is 0 Å². The molecule has 1 rings (SSSR count). The van der Waals surface area contributed by atoms with Gasteiger partial charge in [-0.2, -0.15) is 12.6 Å². The zero-order valence-corrected chi connectivity index (χ0v) is 8.11. The number of thiol groups is 1. The molecule has 12 heavy (non-hydrogen) atoms. The van der Waals surface area contributed by atoms with Crippen LogP contribution in [0.5, 0.6) is 0 Å². The lowest BCUT2D eigenvalue weighted by atomic mass is 10.2. The van der Waals surface area contributed by atoms with Gasteiger partial charge in [-0.25, -0.2) is 4.39 Å². The minimum absolute atomic E-state index is 0.204. The second-order valence-electron chi connectivity index (χ2n) is 2.83. The summed E-state index contributed by atoms with van der Waals surface area (Å²) in [6.45, 7) is 0. The fourth-order valence-corrected chi connectivity index (χ4v) is 1.37. The molecule has 0 saturated heterocycles. The van der Waals surface area contributed by atoms with Crippen LogP contribution in [0.4, 0.5) is 10.1 Å². The summed E-state index contributed by atoms with van der Waals surface area (Å²) in [6.07, 6.45) is 0. The summed E-state index contributed by atoms with van der Waals surface area (Å²) in [4.78, 5) is 1.95. The van der Waals surface area contributed by atoms with Crippen LogP contribution in [0.25, 0.3) is 0 Å². The van der Waals surface area contributed by atoms with E-state index in [4.69, 9.17) is 0 Å². The third-order valence-electron chi connectivity index (χ3n) is 1.69. The molecule has 0 aliphatic carbocycles. The van der Waals surface area contributed by atoms with E-state index in [1.165, 1.54) is 12.1 Å². The van der Waals surface area contributed by atoms with Gasteiger partial charge in [-0.3, -0.25) is 0 Å². The summed E-state index contributed by atoms with van der Waals surface area (Å²) in [5, 5.41) is 0. The molecule has 0 heterocycles. The van der Waals surface area contributed by atoms with Crippen LogP contribution in [0.2, 0.25) is 0 Å². The predicted molar refractivity (Wildman–Crippen MR) is 53.4 cm³/mol. The minimum atomic E-state index is -0.204. The molecule has 1 aromatic carbocycles. The molecule has 0 aliphatic heterocycles. The number of rotatable bonds is 2. The molecule has 0 radical (unpaired) electrons. The van der Waals surface area contributed by atoms with E-state index in [-0.39, 0.29) is 5.82 Å². The van der Waals surface area contributed by atoms with Gasteiger partial charge in [0.1, 0.15) is 5.82 Å². The molecule has 0 aliphatic rings. The Morgan fingerprint density at radius 2 is 2.08 bits per heavy atom. The van der Waals surface area contributed by atoms with Crippen molar-refractivity contribution >= 4 is 18.3 Å². The lowest BCUT2D eigenvalue weighted by Crippen LogP contribution is -2.10. The van der Waals surface area contributed by atoms with Crippen molar-refractivity contribution in [2.75, 3.05) is 19.0 Å². The molecule has 66 valence electrons. The molecule has 1 aromatic rings. The van der Waals surface area contributed by atoms with Gasteiger partial charge in [-0.05, 0) is 23.8 Å². The highest BCUT2D eigenvalue weighted by Gasteiger charge is 2.03. The van der Waals surface area contributed by atoms with Gasteiger partial charge in [0.2, 0.25) is 0 Å². The fourth-order valence-electron chi connectivity index (χ4n) is 1.12. The average molecular weight is 185 g/mol. The first-order valence-electron chi connectivity index (χ1n) is 3.71. The highest BCUT2D eigenvalue weighted by molar-refractivity contribution is 7.79. The van der Waals surface area contributed by atoms with Gasteiger partial charge in [-0.1, -0.05) is 0 Å². The maximum Gasteiger partial charge on any atom is 0.123 e. The van der Waals surface area contributed by atoms with E-state index in [1.54, 1.807) is 6.07 Å². The van der Waals surface area contributed by atoms with Crippen LogP contribution in [0.3, 0.4) is 0 Å². The molecule has 0 unspecified atom stereocenters. The van der Waals surface area contributed by atoms with Crippen LogP contribution in [-0.2, 0) is 5.75 Å². The van der Waals surface area contributed by atoms with Crippen molar-refractivity contribution in [1.29, 1.82) is 0 Å². The van der Waals surface area contributed by atoms with Crippen molar-refractivity contribution < 1.29 is 4.39 Å². The smallest absolute Gasteiger partial charge is 0.123 e. The molecule has 0 bridgehead atoms. The Labute approximate surface area is 77.6 Å². The predicted octanol–water partition coefficient (Wildman–Crippen LogP) is 2.32. The monoisotopic (exact) mass is 185 g/mol. The van der Waals surface area contributed by atoms with Crippen LogP contribution in [0.15, 0.2) is 18.2 Å². The standard InChI is InChI=1S/C9H12FNS/c1-11(2)9-4-3-8(10)5-7(9)6-12/h3-5,12H,6H2,1-2H3. The van der Waals surface area contributed by atoms with E-state index >= 15 is 0 Å². The summed E-state index contributed by atoms with van der Waals surface area (Å²) in [6, 6.07) is 4.74. The molecule has 0 aromatic heterocycles. The first kappa shape index (κ1) is 9.39. The normalized spacial score (nSPS) is 10.0. The second kappa shape index (κ2) is 3.81. The Hall–Kier alpha value is -0.700. The summed E-state index contributed by atoms with van der Waals surface area (Å²) in [5.41, 5.74) is 1.94. The van der Waals surface area contributed by atoms with E-state index in [2.05, 4.69) is 12.6 Å². The molecule has 0 N–H and O–H groups in total. The Balaban J connectivity index is 3.11. The van der Waals surface area contributed by atoms with E-state index in [0.717, 1.165) is 11.3 Å². The van der Waals surface area contributed by atoms with Crippen molar-refractivity contribution in [3.8, 4) is 0 Å². The lowest BCUT2D eigenvalue weighted by molar-refractivity contribution is 0.626. The summed E-state index contributed by atoms with van der Waals surface area (Å²) in [7, 11) is 3.86. The number of hydrogen-bond acceptors (Lipinski definition) is 2. The van der Waals surface area contributed by atoms with Crippen molar-refractivity contribution in [3.05, 3.63) is 29.6 Å². The van der Waals surface area contributed by atoms with Crippen molar-refractivity contribution in [2.24, 2.45) is 0 Å². The van der Waals surface area contributed by atoms with E-state index in [1.807, 2.05) is 19.0 Å². The minimum Gasteiger partial charge on any atom is -0.377 e. The van der Waals surface area contributed by atoms with Crippen LogP contribution >= 0.6 is 12.6 Å². The van der Waals surface area contributed by atoms with Gasteiger partial charge in [0.15, 0.2) is 0 Å². The third-order valence-corrected chi connectivity index (χ3v) is 2.03. The topological polar surface area (TPSA) is 3.24 Å². The molecule has 0 saturated carbocycles. The molecular weight excluding hydrogens is 173 g/mol. The fraction of sp³-hybridized carbons (Fsp3) is 0.333. The van der Waals surface area contributed by atoms with E-state index < -0.39 is 0 Å². The van der Waals surface area contributed by atoms with Crippen molar-refractivity contribution in [3.63, 3.8) is 0 Å². The number of anilines is 1. The van der Waals surface area contributed by atoms with Gasteiger partial charge < -0.3 is 4.90 Å². The van der Waals surface area contributed by atoms with Crippen LogP contribution < -0.4 is 4.90 Å². The van der Waals surface area contributed by atoms with Crippen LogP contribution in [0.1, 0.15) is 5.56 Å². The summed E-state index contributed by atoms with van der Waals surface area (Å²) >= 11 is 4.13. The van der Waals surface area contributed by atoms with Gasteiger partial charge in [-0.15, -0.1) is 0 Å². The molecule has 0 amide bonds. The number of hydrogen-bond donors (Lipinski definition) is 1. The zero-order valence-electron chi connectivity index (χ0n) is 7.21. The maximum atomic E-state index is 12.7. The Kier molecular flexibility index (Phi) is 2.98. The second-order valence-corrected chi connectivity index (χ2v) is 3.14. The molecule has 0 spiro atoms. The number of benzene rings is 1. The molecular formula is C9H12FNS. The molecule has 1 nitrogen and oxygen atoms in total. The van der Waals surface area contributed by atoms with Gasteiger partial charge in [0.25, 0.3) is 0 Å². The quantitative estimate of drug-likeness (QED) is 0.692. The van der Waals surface area contributed by atoms with Gasteiger partial charge in [0.05, 0.1) is 0 Å². The average Bonchev–Trinajstić information content (AvgIpc) is 2.03. The maximum absolute atomic E-state index is 12.7. The van der Waals surface area contributed by atoms with Crippen LogP contribution in [0, 0.1) is 5.82 Å². The highest BCUT2D eigenvalue weighted by Crippen LogP contribution is 2.20. The SMILES string of the molecule is CN(C)c1ccc(F)cc1CS. The Morgan fingerprint density at radius 1 is 1.42 bits per heavy atom. The molecule has 3 heteroatoms. The number of nitrogens with zero attached hydrogens (tertiary/aromatic N) is 1. The number of halogens is 1. The van der Waals surface area contributed by atoms with E-state index in [0.29, 0.717) is 5.75 Å². The molecule has 0 atom stereocenters.